The summed E-state index contributed by atoms with van der Waals surface area (Å²) in [4.78, 5) is 0. The molecule has 2 rings (SSSR count). The molecule has 0 saturated carbocycles. The van der Waals surface area contributed by atoms with Gasteiger partial charge in [-0.15, -0.1) is 0 Å². The van der Waals surface area contributed by atoms with Gasteiger partial charge in [-0.05, 0) is 25.0 Å². The fraction of sp³-hybridized carbons (Fsp3) is 0.500. The zero-order chi connectivity index (χ0) is 11.4. The summed E-state index contributed by atoms with van der Waals surface area (Å²) in [7, 11) is 1.65. The molecule has 0 saturated heterocycles. The van der Waals surface area contributed by atoms with Gasteiger partial charge in [0.2, 0.25) is 0 Å². The van der Waals surface area contributed by atoms with Crippen molar-refractivity contribution in [3.05, 3.63) is 23.3 Å². The fourth-order valence-corrected chi connectivity index (χ4v) is 1.91. The second-order valence-corrected chi connectivity index (χ2v) is 3.66. The molecule has 0 unspecified atom stereocenters. The zero-order valence-corrected chi connectivity index (χ0v) is 9.36. The minimum Gasteiger partial charge on any atom is -0.496 e. The number of benzene rings is 1. The third kappa shape index (κ3) is 2.13. The molecule has 16 heavy (non-hydrogen) atoms. The monoisotopic (exact) mass is 224 g/mol. The summed E-state index contributed by atoms with van der Waals surface area (Å²) >= 11 is 0. The maximum Gasteiger partial charge on any atom is 0.189 e. The second kappa shape index (κ2) is 5.18. The lowest BCUT2D eigenvalue weighted by atomic mass is 10.0. The molecule has 0 aliphatic carbocycles. The van der Waals surface area contributed by atoms with Crippen LogP contribution >= 0.6 is 0 Å². The molecule has 4 heteroatoms. The summed E-state index contributed by atoms with van der Waals surface area (Å²) < 4.78 is 16.0. The van der Waals surface area contributed by atoms with E-state index in [1.807, 2.05) is 12.1 Å². The van der Waals surface area contributed by atoms with Crippen LogP contribution < -0.4 is 9.47 Å². The first-order valence-corrected chi connectivity index (χ1v) is 5.37. The Labute approximate surface area is 94.8 Å². The van der Waals surface area contributed by atoms with Gasteiger partial charge in [0, 0.05) is 17.7 Å². The van der Waals surface area contributed by atoms with Crippen molar-refractivity contribution < 1.29 is 19.3 Å². The summed E-state index contributed by atoms with van der Waals surface area (Å²) in [5.74, 6) is 1.70. The molecular formula is C12H16O4. The predicted octanol–water partition coefficient (Wildman–Crippen LogP) is 1.49. The van der Waals surface area contributed by atoms with Gasteiger partial charge in [0.25, 0.3) is 0 Å². The predicted molar refractivity (Wildman–Crippen MR) is 58.7 cm³/mol. The van der Waals surface area contributed by atoms with E-state index in [9.17, 15) is 0 Å². The van der Waals surface area contributed by atoms with Crippen molar-refractivity contribution in [1.82, 2.24) is 0 Å². The smallest absolute Gasteiger partial charge is 0.189 e. The van der Waals surface area contributed by atoms with Crippen LogP contribution in [0, 0.1) is 0 Å². The van der Waals surface area contributed by atoms with Gasteiger partial charge < -0.3 is 19.3 Å². The molecule has 1 N–H and O–H groups in total. The minimum atomic E-state index is 0.175. The fourth-order valence-electron chi connectivity index (χ4n) is 1.91. The topological polar surface area (TPSA) is 47.9 Å². The molecule has 0 amide bonds. The lowest BCUT2D eigenvalue weighted by Crippen LogP contribution is -2.14. The molecule has 0 radical (unpaired) electrons. The van der Waals surface area contributed by atoms with Crippen molar-refractivity contribution in [1.29, 1.82) is 0 Å². The van der Waals surface area contributed by atoms with Crippen LogP contribution in [0.4, 0.5) is 0 Å². The van der Waals surface area contributed by atoms with E-state index in [0.29, 0.717) is 19.8 Å². The molecule has 1 heterocycles. The normalized spacial score (nSPS) is 14.1. The van der Waals surface area contributed by atoms with Crippen LogP contribution in [0.2, 0.25) is 0 Å². The molecule has 88 valence electrons. The van der Waals surface area contributed by atoms with Crippen molar-refractivity contribution >= 4 is 0 Å². The van der Waals surface area contributed by atoms with Gasteiger partial charge in [0.15, 0.2) is 6.79 Å². The van der Waals surface area contributed by atoms with Crippen LogP contribution in [-0.4, -0.2) is 25.6 Å². The first-order valence-electron chi connectivity index (χ1n) is 5.37. The molecular weight excluding hydrogens is 208 g/mol. The summed E-state index contributed by atoms with van der Waals surface area (Å²) in [5.41, 5.74) is 2.12. The van der Waals surface area contributed by atoms with Crippen molar-refractivity contribution in [3.63, 3.8) is 0 Å². The second-order valence-electron chi connectivity index (χ2n) is 3.66. The van der Waals surface area contributed by atoms with E-state index in [4.69, 9.17) is 19.3 Å². The Balaban J connectivity index is 2.35. The molecule has 1 aromatic carbocycles. The molecule has 1 aromatic rings. The summed E-state index contributed by atoms with van der Waals surface area (Å²) in [5, 5.41) is 8.89. The van der Waals surface area contributed by atoms with E-state index in [2.05, 4.69) is 0 Å². The average molecular weight is 224 g/mol. The van der Waals surface area contributed by atoms with Crippen LogP contribution in [0.5, 0.6) is 11.5 Å². The van der Waals surface area contributed by atoms with E-state index in [-0.39, 0.29) is 6.61 Å². The lowest BCUT2D eigenvalue weighted by Gasteiger charge is -2.22. The molecule has 0 fully saturated rings. The van der Waals surface area contributed by atoms with Crippen molar-refractivity contribution in [2.75, 3.05) is 20.5 Å². The maximum absolute atomic E-state index is 8.89. The van der Waals surface area contributed by atoms with Crippen molar-refractivity contribution in [2.24, 2.45) is 0 Å². The first-order chi connectivity index (χ1) is 7.86. The Bertz CT molecular complexity index is 362. The number of methoxy groups -OCH3 is 1. The maximum atomic E-state index is 8.89. The van der Waals surface area contributed by atoms with Crippen LogP contribution in [0.3, 0.4) is 0 Å². The third-order valence-electron chi connectivity index (χ3n) is 2.69. The number of rotatable bonds is 4. The van der Waals surface area contributed by atoms with Gasteiger partial charge in [-0.1, -0.05) is 0 Å². The van der Waals surface area contributed by atoms with Gasteiger partial charge in [0.05, 0.1) is 13.7 Å². The Hall–Kier alpha value is -1.26. The van der Waals surface area contributed by atoms with E-state index in [1.54, 1.807) is 7.11 Å². The quantitative estimate of drug-likeness (QED) is 0.841. The Morgan fingerprint density at radius 1 is 1.44 bits per heavy atom. The van der Waals surface area contributed by atoms with Crippen LogP contribution in [0.1, 0.15) is 17.5 Å². The molecule has 0 spiro atoms. The Morgan fingerprint density at radius 3 is 3.06 bits per heavy atom. The van der Waals surface area contributed by atoms with Gasteiger partial charge in [-0.2, -0.15) is 0 Å². The number of aliphatic hydroxyl groups excluding tert-OH is 1. The highest BCUT2D eigenvalue weighted by molar-refractivity contribution is 5.49. The van der Waals surface area contributed by atoms with Crippen molar-refractivity contribution in [2.45, 2.75) is 19.4 Å². The zero-order valence-electron chi connectivity index (χ0n) is 9.36. The van der Waals surface area contributed by atoms with Crippen LogP contribution in [-0.2, 0) is 17.8 Å². The largest absolute Gasteiger partial charge is 0.496 e. The molecule has 4 nitrogen and oxygen atoms in total. The Kier molecular flexibility index (Phi) is 3.64. The Morgan fingerprint density at radius 2 is 2.31 bits per heavy atom. The van der Waals surface area contributed by atoms with Gasteiger partial charge in [-0.25, -0.2) is 0 Å². The molecule has 0 aromatic heterocycles. The van der Waals surface area contributed by atoms with Gasteiger partial charge in [0.1, 0.15) is 11.5 Å². The third-order valence-corrected chi connectivity index (χ3v) is 2.69. The average Bonchev–Trinajstić information content (AvgIpc) is 2.35. The summed E-state index contributed by atoms with van der Waals surface area (Å²) in [6.45, 7) is 1.03. The minimum absolute atomic E-state index is 0.175. The van der Waals surface area contributed by atoms with Crippen LogP contribution in [0.25, 0.3) is 0 Å². The highest BCUT2D eigenvalue weighted by Gasteiger charge is 2.18. The number of aliphatic hydroxyl groups is 1. The van der Waals surface area contributed by atoms with E-state index in [1.165, 1.54) is 0 Å². The molecule has 1 aliphatic heterocycles. The summed E-state index contributed by atoms with van der Waals surface area (Å²) in [6, 6.07) is 3.80. The van der Waals surface area contributed by atoms with Gasteiger partial charge in [-0.3, -0.25) is 0 Å². The molecule has 1 aliphatic rings. The standard InChI is InChI=1S/C12H16O4/c1-14-11-4-5-12-10(7-15-8-16-12)9(11)3-2-6-13/h4-5,13H,2-3,6-8H2,1H3. The molecule has 0 bridgehead atoms. The van der Waals surface area contributed by atoms with Gasteiger partial charge >= 0.3 is 0 Å². The molecule has 0 atom stereocenters. The SMILES string of the molecule is COc1ccc2c(c1CCCO)COCO2. The summed E-state index contributed by atoms with van der Waals surface area (Å²) in [6.07, 6.45) is 1.49. The number of hydrogen-bond donors (Lipinski definition) is 1. The highest BCUT2D eigenvalue weighted by Crippen LogP contribution is 2.34. The first kappa shape index (κ1) is 11.2. The van der Waals surface area contributed by atoms with E-state index in [0.717, 1.165) is 29.0 Å². The lowest BCUT2D eigenvalue weighted by molar-refractivity contribution is -0.0170. The number of ether oxygens (including phenoxy) is 3. The van der Waals surface area contributed by atoms with Crippen LogP contribution in [0.15, 0.2) is 12.1 Å². The van der Waals surface area contributed by atoms with E-state index < -0.39 is 0 Å². The van der Waals surface area contributed by atoms with Crippen molar-refractivity contribution in [3.8, 4) is 11.5 Å². The number of fused-ring (bicyclic) bond motifs is 1. The number of hydrogen-bond acceptors (Lipinski definition) is 4. The van der Waals surface area contributed by atoms with E-state index >= 15 is 0 Å². The highest BCUT2D eigenvalue weighted by atomic mass is 16.7.